The van der Waals surface area contributed by atoms with Crippen molar-refractivity contribution in [3.63, 3.8) is 0 Å². The standard InChI is InChI=1S/C29H30ClN7O/c30-23-7-1-4-18-5-2-8-25(27(18)23)36-13-12-22-24(16-36)34-29(38-17-21-6-3-9-26(31)33-21)35-28(22)37-14-19-10-11-20(15-37)32-19/h1-9,19-20,32H,10-17H2,(H2,31,33). The highest BCUT2D eigenvalue weighted by molar-refractivity contribution is 6.36. The first kappa shape index (κ1) is 23.5. The van der Waals surface area contributed by atoms with Crippen LogP contribution in [0.2, 0.25) is 5.02 Å². The van der Waals surface area contributed by atoms with Gasteiger partial charge in [0.25, 0.3) is 0 Å². The molecule has 2 fully saturated rings. The first-order valence-corrected chi connectivity index (χ1v) is 13.7. The van der Waals surface area contributed by atoms with Gasteiger partial charge < -0.3 is 25.6 Å². The van der Waals surface area contributed by atoms with Gasteiger partial charge >= 0.3 is 6.01 Å². The molecular weight excluding hydrogens is 498 g/mol. The molecule has 2 unspecified atom stereocenters. The van der Waals surface area contributed by atoms with Gasteiger partial charge in [0.05, 0.1) is 23.0 Å². The predicted molar refractivity (Wildman–Crippen MR) is 151 cm³/mol. The molecule has 0 amide bonds. The number of rotatable bonds is 5. The van der Waals surface area contributed by atoms with Gasteiger partial charge in [-0.15, -0.1) is 0 Å². The molecule has 0 saturated carbocycles. The third kappa shape index (κ3) is 4.37. The number of aromatic nitrogens is 3. The van der Waals surface area contributed by atoms with Gasteiger partial charge in [-0.2, -0.15) is 9.97 Å². The highest BCUT2D eigenvalue weighted by Gasteiger charge is 2.35. The summed E-state index contributed by atoms with van der Waals surface area (Å²) in [4.78, 5) is 19.1. The van der Waals surface area contributed by atoms with Crippen LogP contribution in [0.15, 0.2) is 54.6 Å². The van der Waals surface area contributed by atoms with E-state index in [1.165, 1.54) is 18.4 Å². The number of nitrogens with two attached hydrogens (primary N) is 1. The van der Waals surface area contributed by atoms with E-state index in [1.807, 2.05) is 24.3 Å². The minimum Gasteiger partial charge on any atom is -0.457 e. The Balaban J connectivity index is 1.24. The Labute approximate surface area is 226 Å². The van der Waals surface area contributed by atoms with Crippen molar-refractivity contribution in [1.82, 2.24) is 20.3 Å². The van der Waals surface area contributed by atoms with E-state index in [0.717, 1.165) is 64.7 Å². The van der Waals surface area contributed by atoms with Crippen LogP contribution >= 0.6 is 11.6 Å². The van der Waals surface area contributed by atoms with Crippen molar-refractivity contribution in [2.75, 3.05) is 35.2 Å². The lowest BCUT2D eigenvalue weighted by atomic mass is 10.0. The second kappa shape index (κ2) is 9.60. The largest absolute Gasteiger partial charge is 0.457 e. The van der Waals surface area contributed by atoms with E-state index >= 15 is 0 Å². The zero-order valence-electron chi connectivity index (χ0n) is 21.1. The van der Waals surface area contributed by atoms with Crippen LogP contribution < -0.4 is 25.6 Å². The summed E-state index contributed by atoms with van der Waals surface area (Å²) in [5.41, 5.74) is 9.98. The van der Waals surface area contributed by atoms with Crippen LogP contribution in [0.5, 0.6) is 6.01 Å². The molecule has 2 aromatic carbocycles. The van der Waals surface area contributed by atoms with Crippen molar-refractivity contribution in [1.29, 1.82) is 0 Å². The number of anilines is 3. The second-order valence-electron chi connectivity index (χ2n) is 10.4. The molecule has 0 aliphatic carbocycles. The number of hydrogen-bond acceptors (Lipinski definition) is 8. The zero-order valence-corrected chi connectivity index (χ0v) is 21.9. The number of nitrogens with zero attached hydrogens (tertiary/aromatic N) is 5. The molecule has 3 aliphatic rings. The third-order valence-electron chi connectivity index (χ3n) is 7.89. The van der Waals surface area contributed by atoms with E-state index in [4.69, 9.17) is 32.0 Å². The minimum absolute atomic E-state index is 0.263. The number of fused-ring (bicyclic) bond motifs is 4. The molecule has 7 rings (SSSR count). The lowest BCUT2D eigenvalue weighted by molar-refractivity contribution is 0.274. The van der Waals surface area contributed by atoms with E-state index in [1.54, 1.807) is 6.07 Å². The molecule has 3 N–H and O–H groups in total. The smallest absolute Gasteiger partial charge is 0.319 e. The summed E-state index contributed by atoms with van der Waals surface area (Å²) in [5, 5.41) is 6.72. The van der Waals surface area contributed by atoms with E-state index < -0.39 is 0 Å². The topological polar surface area (TPSA) is 92.4 Å². The summed E-state index contributed by atoms with van der Waals surface area (Å²) < 4.78 is 6.12. The Morgan fingerprint density at radius 1 is 0.947 bits per heavy atom. The fourth-order valence-corrected chi connectivity index (χ4v) is 6.43. The Bertz CT molecular complexity index is 1490. The van der Waals surface area contributed by atoms with Crippen LogP contribution in [0, 0.1) is 0 Å². The summed E-state index contributed by atoms with van der Waals surface area (Å²) in [5.74, 6) is 1.48. The van der Waals surface area contributed by atoms with Crippen molar-refractivity contribution in [3.8, 4) is 6.01 Å². The zero-order chi connectivity index (χ0) is 25.6. The SMILES string of the molecule is Nc1cccc(COc2nc3c(c(N4CC5CCC(C4)N5)n2)CCN(c2cccc4cccc(Cl)c24)C3)n1. The van der Waals surface area contributed by atoms with Gasteiger partial charge in [0.15, 0.2) is 0 Å². The average Bonchev–Trinajstić information content (AvgIpc) is 3.28. The Morgan fingerprint density at radius 3 is 2.55 bits per heavy atom. The van der Waals surface area contributed by atoms with E-state index in [-0.39, 0.29) is 6.61 Å². The van der Waals surface area contributed by atoms with Gasteiger partial charge in [-0.25, -0.2) is 4.98 Å². The van der Waals surface area contributed by atoms with Crippen molar-refractivity contribution in [2.24, 2.45) is 0 Å². The molecule has 2 atom stereocenters. The minimum atomic E-state index is 0.263. The quantitative estimate of drug-likeness (QED) is 0.396. The van der Waals surface area contributed by atoms with Crippen LogP contribution in [0.1, 0.15) is 29.8 Å². The van der Waals surface area contributed by atoms with E-state index in [9.17, 15) is 0 Å². The summed E-state index contributed by atoms with van der Waals surface area (Å²) in [7, 11) is 0. The van der Waals surface area contributed by atoms with Gasteiger partial charge in [-0.3, -0.25) is 0 Å². The molecule has 5 heterocycles. The van der Waals surface area contributed by atoms with Crippen LogP contribution in [0.3, 0.4) is 0 Å². The lowest BCUT2D eigenvalue weighted by Crippen LogP contribution is -2.52. The average molecular weight is 528 g/mol. The molecule has 4 aromatic rings. The predicted octanol–water partition coefficient (Wildman–Crippen LogP) is 4.34. The maximum absolute atomic E-state index is 6.68. The number of pyridine rings is 1. The highest BCUT2D eigenvalue weighted by atomic mass is 35.5. The molecule has 0 spiro atoms. The summed E-state index contributed by atoms with van der Waals surface area (Å²) in [6.07, 6.45) is 3.30. The van der Waals surface area contributed by atoms with Gasteiger partial charge in [-0.1, -0.05) is 41.9 Å². The first-order chi connectivity index (χ1) is 18.6. The van der Waals surface area contributed by atoms with Gasteiger partial charge in [0, 0.05) is 48.4 Å². The maximum atomic E-state index is 6.68. The van der Waals surface area contributed by atoms with Gasteiger partial charge in [0.2, 0.25) is 0 Å². The van der Waals surface area contributed by atoms with Crippen LogP contribution in [0.4, 0.5) is 17.3 Å². The molecule has 38 heavy (non-hydrogen) atoms. The molecule has 8 nitrogen and oxygen atoms in total. The number of piperazine rings is 1. The number of hydrogen-bond donors (Lipinski definition) is 2. The highest BCUT2D eigenvalue weighted by Crippen LogP contribution is 2.37. The van der Waals surface area contributed by atoms with Crippen LogP contribution in [0.25, 0.3) is 10.8 Å². The number of ether oxygens (including phenoxy) is 1. The maximum Gasteiger partial charge on any atom is 0.319 e. The molecule has 2 saturated heterocycles. The fraction of sp³-hybridized carbons (Fsp3) is 0.345. The third-order valence-corrected chi connectivity index (χ3v) is 8.20. The van der Waals surface area contributed by atoms with Crippen molar-refractivity contribution in [3.05, 3.63) is 76.6 Å². The molecule has 3 aliphatic heterocycles. The normalized spacial score (nSPS) is 20.6. The van der Waals surface area contributed by atoms with Gasteiger partial charge in [0.1, 0.15) is 18.2 Å². The van der Waals surface area contributed by atoms with E-state index in [2.05, 4.69) is 44.4 Å². The molecule has 2 aromatic heterocycles. The number of halogens is 1. The Hall–Kier alpha value is -3.62. The molecule has 194 valence electrons. The van der Waals surface area contributed by atoms with Crippen LogP contribution in [-0.2, 0) is 19.6 Å². The Morgan fingerprint density at radius 2 is 1.74 bits per heavy atom. The monoisotopic (exact) mass is 527 g/mol. The van der Waals surface area contributed by atoms with Crippen molar-refractivity contribution < 1.29 is 4.74 Å². The van der Waals surface area contributed by atoms with Crippen molar-refractivity contribution >= 4 is 39.7 Å². The van der Waals surface area contributed by atoms with Crippen LogP contribution in [-0.4, -0.2) is 46.7 Å². The fourth-order valence-electron chi connectivity index (χ4n) is 6.15. The number of nitrogen functional groups attached to an aromatic ring is 1. The van der Waals surface area contributed by atoms with E-state index in [0.29, 0.717) is 30.5 Å². The molecule has 9 heteroatoms. The van der Waals surface area contributed by atoms with Gasteiger partial charge in [-0.05, 0) is 48.9 Å². The first-order valence-electron chi connectivity index (χ1n) is 13.3. The number of nitrogens with one attached hydrogen (secondary N) is 1. The van der Waals surface area contributed by atoms with Crippen molar-refractivity contribution in [2.45, 2.75) is 44.5 Å². The summed E-state index contributed by atoms with van der Waals surface area (Å²) in [6.45, 7) is 3.72. The summed E-state index contributed by atoms with van der Waals surface area (Å²) >= 11 is 6.68. The molecule has 0 radical (unpaired) electrons. The second-order valence-corrected chi connectivity index (χ2v) is 10.8. The molecular formula is C29H30ClN7O. The number of benzene rings is 2. The summed E-state index contributed by atoms with van der Waals surface area (Å²) in [6, 6.07) is 19.4. The molecule has 2 bridgehead atoms. The Kier molecular flexibility index (Phi) is 5.93. The lowest BCUT2D eigenvalue weighted by Gasteiger charge is -2.37.